The maximum atomic E-state index is 10.6. The van der Waals surface area contributed by atoms with Gasteiger partial charge in [0.25, 0.3) is 0 Å². The predicted octanol–water partition coefficient (Wildman–Crippen LogP) is -0.474. The standard InChI is InChI=1S/C7H13NO3/c1-2-8-4-3-5(9)6(8)7(10)11/h5-6,9H,2-4H2,1H3,(H,10,11)/t5-,6+/m1/s1. The number of aliphatic hydroxyl groups excluding tert-OH is 1. The van der Waals surface area contributed by atoms with Gasteiger partial charge in [-0.05, 0) is 13.0 Å². The van der Waals surface area contributed by atoms with Crippen LogP contribution in [0.25, 0.3) is 0 Å². The van der Waals surface area contributed by atoms with Gasteiger partial charge in [0.05, 0.1) is 6.10 Å². The monoisotopic (exact) mass is 159 g/mol. The van der Waals surface area contributed by atoms with Crippen LogP contribution in [0.2, 0.25) is 0 Å². The van der Waals surface area contributed by atoms with Gasteiger partial charge in [0.1, 0.15) is 6.04 Å². The van der Waals surface area contributed by atoms with Gasteiger partial charge in [-0.15, -0.1) is 0 Å². The summed E-state index contributed by atoms with van der Waals surface area (Å²) >= 11 is 0. The first-order chi connectivity index (χ1) is 5.16. The third-order valence-electron chi connectivity index (χ3n) is 2.13. The van der Waals surface area contributed by atoms with E-state index < -0.39 is 18.1 Å². The Kier molecular flexibility index (Phi) is 2.46. The third kappa shape index (κ3) is 1.52. The molecule has 2 atom stereocenters. The molecule has 1 aliphatic heterocycles. The zero-order valence-corrected chi connectivity index (χ0v) is 6.53. The average molecular weight is 159 g/mol. The van der Waals surface area contributed by atoms with Crippen molar-refractivity contribution in [2.45, 2.75) is 25.5 Å². The molecule has 0 unspecified atom stereocenters. The minimum absolute atomic E-state index is 0.574. The number of likely N-dealkylation sites (tertiary alicyclic amines) is 1. The van der Waals surface area contributed by atoms with Crippen molar-refractivity contribution in [2.24, 2.45) is 0 Å². The number of nitrogens with zero attached hydrogens (tertiary/aromatic N) is 1. The van der Waals surface area contributed by atoms with Crippen molar-refractivity contribution < 1.29 is 15.0 Å². The zero-order chi connectivity index (χ0) is 8.43. The van der Waals surface area contributed by atoms with Crippen LogP contribution in [0.5, 0.6) is 0 Å². The summed E-state index contributed by atoms with van der Waals surface area (Å²) in [7, 11) is 0. The molecule has 4 heteroatoms. The molecule has 0 saturated carbocycles. The van der Waals surface area contributed by atoms with Gasteiger partial charge in [-0.3, -0.25) is 9.69 Å². The summed E-state index contributed by atoms with van der Waals surface area (Å²) in [5.74, 6) is -0.920. The lowest BCUT2D eigenvalue weighted by Crippen LogP contribution is -2.41. The molecule has 0 radical (unpaired) electrons. The summed E-state index contributed by atoms with van der Waals surface area (Å²) < 4.78 is 0. The number of aliphatic carboxylic acids is 1. The smallest absolute Gasteiger partial charge is 0.323 e. The van der Waals surface area contributed by atoms with E-state index in [9.17, 15) is 9.90 Å². The molecule has 0 aromatic rings. The number of hydrogen-bond acceptors (Lipinski definition) is 3. The van der Waals surface area contributed by atoms with E-state index in [1.165, 1.54) is 0 Å². The molecule has 11 heavy (non-hydrogen) atoms. The highest BCUT2D eigenvalue weighted by molar-refractivity contribution is 5.74. The summed E-state index contributed by atoms with van der Waals surface area (Å²) in [6.07, 6.45) is -0.113. The van der Waals surface area contributed by atoms with Gasteiger partial charge in [0.2, 0.25) is 0 Å². The number of likely N-dealkylation sites (N-methyl/N-ethyl adjacent to an activating group) is 1. The van der Waals surface area contributed by atoms with Gasteiger partial charge in [0.15, 0.2) is 0 Å². The molecule has 1 aliphatic rings. The quantitative estimate of drug-likeness (QED) is 0.571. The van der Waals surface area contributed by atoms with E-state index in [1.807, 2.05) is 6.92 Å². The molecule has 0 amide bonds. The molecule has 1 heterocycles. The normalized spacial score (nSPS) is 32.5. The highest BCUT2D eigenvalue weighted by atomic mass is 16.4. The summed E-state index contributed by atoms with van der Waals surface area (Å²) in [5, 5.41) is 17.9. The molecule has 0 aromatic carbocycles. The van der Waals surface area contributed by atoms with Crippen molar-refractivity contribution in [3.8, 4) is 0 Å². The van der Waals surface area contributed by atoms with E-state index in [0.717, 1.165) is 0 Å². The Morgan fingerprint density at radius 3 is 2.73 bits per heavy atom. The third-order valence-corrected chi connectivity index (χ3v) is 2.13. The molecule has 0 aromatic heterocycles. The Labute approximate surface area is 65.4 Å². The van der Waals surface area contributed by atoms with Crippen LogP contribution in [0.15, 0.2) is 0 Å². The lowest BCUT2D eigenvalue weighted by atomic mass is 10.2. The van der Waals surface area contributed by atoms with Crippen LogP contribution in [0.4, 0.5) is 0 Å². The number of carboxylic acid groups (broad SMARTS) is 1. The predicted molar refractivity (Wildman–Crippen MR) is 39.3 cm³/mol. The summed E-state index contributed by atoms with van der Waals surface area (Å²) in [6.45, 7) is 3.27. The van der Waals surface area contributed by atoms with Crippen molar-refractivity contribution >= 4 is 5.97 Å². The lowest BCUT2D eigenvalue weighted by Gasteiger charge is -2.19. The van der Waals surface area contributed by atoms with Crippen molar-refractivity contribution in [3.05, 3.63) is 0 Å². The fourth-order valence-corrected chi connectivity index (χ4v) is 1.51. The van der Waals surface area contributed by atoms with Crippen LogP contribution in [0.3, 0.4) is 0 Å². The van der Waals surface area contributed by atoms with Gasteiger partial charge in [-0.25, -0.2) is 0 Å². The van der Waals surface area contributed by atoms with Crippen LogP contribution in [-0.2, 0) is 4.79 Å². The van der Waals surface area contributed by atoms with Crippen LogP contribution in [-0.4, -0.2) is 46.3 Å². The number of hydrogen-bond donors (Lipinski definition) is 2. The SMILES string of the molecule is CCN1CC[C@@H](O)[C@H]1C(=O)O. The maximum Gasteiger partial charge on any atom is 0.323 e. The second kappa shape index (κ2) is 3.19. The summed E-state index contributed by atoms with van der Waals surface area (Å²) in [4.78, 5) is 12.4. The van der Waals surface area contributed by atoms with E-state index in [2.05, 4.69) is 0 Å². The molecule has 2 N–H and O–H groups in total. The summed E-state index contributed by atoms with van der Waals surface area (Å²) in [5.41, 5.74) is 0. The topological polar surface area (TPSA) is 60.8 Å². The second-order valence-corrected chi connectivity index (χ2v) is 2.77. The lowest BCUT2D eigenvalue weighted by molar-refractivity contribution is -0.144. The molecule has 64 valence electrons. The first-order valence-corrected chi connectivity index (χ1v) is 3.81. The second-order valence-electron chi connectivity index (χ2n) is 2.77. The van der Waals surface area contributed by atoms with E-state index in [0.29, 0.717) is 19.5 Å². The van der Waals surface area contributed by atoms with Gasteiger partial charge >= 0.3 is 5.97 Å². The first-order valence-electron chi connectivity index (χ1n) is 3.81. The Morgan fingerprint density at radius 1 is 1.73 bits per heavy atom. The zero-order valence-electron chi connectivity index (χ0n) is 6.53. The Hall–Kier alpha value is -0.610. The molecule has 0 aliphatic carbocycles. The number of carbonyl (C=O) groups is 1. The van der Waals surface area contributed by atoms with E-state index in [-0.39, 0.29) is 0 Å². The van der Waals surface area contributed by atoms with Gasteiger partial charge in [-0.1, -0.05) is 6.92 Å². The Bertz CT molecular complexity index is 160. The van der Waals surface area contributed by atoms with Gasteiger partial charge < -0.3 is 10.2 Å². The van der Waals surface area contributed by atoms with Gasteiger partial charge in [-0.2, -0.15) is 0 Å². The Morgan fingerprint density at radius 2 is 2.36 bits per heavy atom. The number of rotatable bonds is 2. The maximum absolute atomic E-state index is 10.6. The highest BCUT2D eigenvalue weighted by Crippen LogP contribution is 2.17. The van der Waals surface area contributed by atoms with Crippen molar-refractivity contribution in [1.29, 1.82) is 0 Å². The van der Waals surface area contributed by atoms with E-state index in [4.69, 9.17) is 5.11 Å². The van der Waals surface area contributed by atoms with Crippen molar-refractivity contribution in [2.75, 3.05) is 13.1 Å². The van der Waals surface area contributed by atoms with Gasteiger partial charge in [0, 0.05) is 6.54 Å². The number of carboxylic acids is 1. The Balaban J connectivity index is 2.63. The highest BCUT2D eigenvalue weighted by Gasteiger charge is 2.37. The minimum Gasteiger partial charge on any atom is -0.480 e. The fourth-order valence-electron chi connectivity index (χ4n) is 1.51. The molecular formula is C7H13NO3. The molecule has 1 fully saturated rings. The molecule has 0 spiro atoms. The molecule has 0 bridgehead atoms. The molecular weight excluding hydrogens is 146 g/mol. The van der Waals surface area contributed by atoms with E-state index >= 15 is 0 Å². The number of aliphatic hydroxyl groups is 1. The van der Waals surface area contributed by atoms with Crippen molar-refractivity contribution in [1.82, 2.24) is 4.90 Å². The first kappa shape index (κ1) is 8.49. The molecule has 4 nitrogen and oxygen atoms in total. The van der Waals surface area contributed by atoms with E-state index in [1.54, 1.807) is 4.90 Å². The minimum atomic E-state index is -0.920. The molecule has 1 saturated heterocycles. The van der Waals surface area contributed by atoms with Crippen molar-refractivity contribution in [3.63, 3.8) is 0 Å². The van der Waals surface area contributed by atoms with Crippen LogP contribution < -0.4 is 0 Å². The largest absolute Gasteiger partial charge is 0.480 e. The van der Waals surface area contributed by atoms with Crippen LogP contribution in [0.1, 0.15) is 13.3 Å². The summed E-state index contributed by atoms with van der Waals surface area (Å²) in [6, 6.07) is -0.681. The average Bonchev–Trinajstić information content (AvgIpc) is 2.30. The van der Waals surface area contributed by atoms with Crippen LogP contribution >= 0.6 is 0 Å². The van der Waals surface area contributed by atoms with Crippen LogP contribution in [0, 0.1) is 0 Å². The fraction of sp³-hybridized carbons (Fsp3) is 0.857. The molecule has 1 rings (SSSR count).